The molecule has 2 rings (SSSR count). The van der Waals surface area contributed by atoms with Gasteiger partial charge < -0.3 is 4.74 Å². The minimum Gasteiger partial charge on any atom is -0.481 e. The molecule has 0 spiro atoms. The number of methoxy groups -OCH3 is 1. The Morgan fingerprint density at radius 1 is 1.38 bits per heavy atom. The van der Waals surface area contributed by atoms with E-state index in [-0.39, 0.29) is 11.7 Å². The maximum absolute atomic E-state index is 12.9. The van der Waals surface area contributed by atoms with Crippen molar-refractivity contribution in [1.29, 1.82) is 5.26 Å². The summed E-state index contributed by atoms with van der Waals surface area (Å²) in [5.41, 5.74) is 0.342. The summed E-state index contributed by atoms with van der Waals surface area (Å²) in [7, 11) is 1.55. The monoisotopic (exact) mass is 286 g/mol. The molecule has 1 fully saturated rings. The lowest BCUT2D eigenvalue weighted by molar-refractivity contribution is -0.132. The maximum atomic E-state index is 12.9. The van der Waals surface area contributed by atoms with E-state index in [0.717, 1.165) is 5.56 Å². The number of hydrogen-bond donors (Lipinski definition) is 0. The van der Waals surface area contributed by atoms with Crippen molar-refractivity contribution in [2.24, 2.45) is 17.8 Å². The summed E-state index contributed by atoms with van der Waals surface area (Å²) in [5, 5.41) is 9.81. The van der Waals surface area contributed by atoms with Gasteiger partial charge in [0.05, 0.1) is 13.2 Å². The maximum Gasteiger partial charge on any atom is 0.213 e. The van der Waals surface area contributed by atoms with Crippen molar-refractivity contribution in [2.75, 3.05) is 7.11 Å². The van der Waals surface area contributed by atoms with Crippen LogP contribution in [0.4, 0.5) is 0 Å². The Morgan fingerprint density at radius 3 is 2.57 bits per heavy atom. The first-order chi connectivity index (χ1) is 9.87. The van der Waals surface area contributed by atoms with Crippen LogP contribution in [0.15, 0.2) is 12.1 Å². The molecule has 0 aliphatic heterocycles. The van der Waals surface area contributed by atoms with E-state index in [4.69, 9.17) is 4.74 Å². The summed E-state index contributed by atoms with van der Waals surface area (Å²) < 4.78 is 5.11. The van der Waals surface area contributed by atoms with Crippen molar-refractivity contribution < 1.29 is 9.53 Å². The van der Waals surface area contributed by atoms with Gasteiger partial charge in [0.15, 0.2) is 5.78 Å². The summed E-state index contributed by atoms with van der Waals surface area (Å²) in [4.78, 5) is 17.2. The largest absolute Gasteiger partial charge is 0.481 e. The SMILES string of the molecule is COc1ccc([C@]2(C#N)CC(C)[C@H](C)[C@H](C)C2=O)c(C)n1. The Kier molecular flexibility index (Phi) is 4.04. The summed E-state index contributed by atoms with van der Waals surface area (Å²) in [5.74, 6) is 1.02. The van der Waals surface area contributed by atoms with Crippen molar-refractivity contribution in [3.63, 3.8) is 0 Å². The van der Waals surface area contributed by atoms with E-state index in [1.54, 1.807) is 13.2 Å². The molecule has 1 aliphatic rings. The van der Waals surface area contributed by atoms with Gasteiger partial charge in [-0.3, -0.25) is 4.79 Å². The minimum absolute atomic E-state index is 0.0191. The molecule has 0 bridgehead atoms. The summed E-state index contributed by atoms with van der Waals surface area (Å²) in [6.45, 7) is 7.97. The zero-order valence-electron chi connectivity index (χ0n) is 13.3. The molecule has 1 aliphatic carbocycles. The van der Waals surface area contributed by atoms with Crippen LogP contribution in [0.2, 0.25) is 0 Å². The van der Waals surface area contributed by atoms with Crippen LogP contribution in [0, 0.1) is 36.0 Å². The molecule has 0 saturated heterocycles. The highest BCUT2D eigenvalue weighted by Crippen LogP contribution is 2.45. The molecule has 4 heteroatoms. The van der Waals surface area contributed by atoms with Crippen LogP contribution in [0.25, 0.3) is 0 Å². The van der Waals surface area contributed by atoms with Crippen LogP contribution in [0.5, 0.6) is 5.88 Å². The quantitative estimate of drug-likeness (QED) is 0.838. The van der Waals surface area contributed by atoms with Crippen molar-refractivity contribution in [3.8, 4) is 11.9 Å². The smallest absolute Gasteiger partial charge is 0.213 e. The van der Waals surface area contributed by atoms with Gasteiger partial charge in [0, 0.05) is 23.2 Å². The van der Waals surface area contributed by atoms with E-state index in [1.807, 2.05) is 19.9 Å². The molecule has 4 atom stereocenters. The van der Waals surface area contributed by atoms with Gasteiger partial charge in [-0.25, -0.2) is 4.98 Å². The number of ketones is 1. The Labute approximate surface area is 126 Å². The average molecular weight is 286 g/mol. The fourth-order valence-electron chi connectivity index (χ4n) is 3.40. The zero-order chi connectivity index (χ0) is 15.8. The van der Waals surface area contributed by atoms with Crippen molar-refractivity contribution in [2.45, 2.75) is 39.5 Å². The van der Waals surface area contributed by atoms with Crippen LogP contribution >= 0.6 is 0 Å². The number of aromatic nitrogens is 1. The van der Waals surface area contributed by atoms with Crippen LogP contribution < -0.4 is 4.74 Å². The lowest BCUT2D eigenvalue weighted by Crippen LogP contribution is -2.48. The molecule has 1 aromatic heterocycles. The van der Waals surface area contributed by atoms with E-state index >= 15 is 0 Å². The van der Waals surface area contributed by atoms with Gasteiger partial charge >= 0.3 is 0 Å². The summed E-state index contributed by atoms with van der Waals surface area (Å²) in [6, 6.07) is 5.85. The standard InChI is InChI=1S/C17H22N2O2/c1-10-8-17(9-18,16(20)12(3)11(10)2)14-6-7-15(21-5)19-13(14)4/h6-7,10-12H,8H2,1-5H3/t10?,11-,12-,17+/m0/s1. The Bertz CT molecular complexity index is 605. The first-order valence-electron chi connectivity index (χ1n) is 7.35. The second kappa shape index (κ2) is 5.48. The second-order valence-electron chi connectivity index (χ2n) is 6.20. The third kappa shape index (κ3) is 2.31. The van der Waals surface area contributed by atoms with Crippen molar-refractivity contribution >= 4 is 5.78 Å². The van der Waals surface area contributed by atoms with Gasteiger partial charge in [-0.1, -0.05) is 20.8 Å². The molecule has 0 radical (unpaired) electrons. The van der Waals surface area contributed by atoms with Crippen molar-refractivity contribution in [1.82, 2.24) is 4.98 Å². The highest BCUT2D eigenvalue weighted by Gasteiger charge is 2.51. The molecule has 0 N–H and O–H groups in total. The van der Waals surface area contributed by atoms with Crippen LogP contribution in [-0.4, -0.2) is 17.9 Å². The topological polar surface area (TPSA) is 63.0 Å². The predicted molar refractivity (Wildman–Crippen MR) is 79.9 cm³/mol. The normalized spacial score (nSPS) is 32.6. The van der Waals surface area contributed by atoms with Gasteiger partial charge in [0.25, 0.3) is 0 Å². The van der Waals surface area contributed by atoms with E-state index < -0.39 is 5.41 Å². The van der Waals surface area contributed by atoms with E-state index in [9.17, 15) is 10.1 Å². The number of carbonyl (C=O) groups excluding carboxylic acids is 1. The predicted octanol–water partition coefficient (Wildman–Crippen LogP) is 3.04. The number of rotatable bonds is 2. The first-order valence-corrected chi connectivity index (χ1v) is 7.35. The van der Waals surface area contributed by atoms with Gasteiger partial charge in [0.1, 0.15) is 5.41 Å². The molecule has 0 aromatic carbocycles. The summed E-state index contributed by atoms with van der Waals surface area (Å²) in [6.07, 6.45) is 0.558. The zero-order valence-corrected chi connectivity index (χ0v) is 13.3. The summed E-state index contributed by atoms with van der Waals surface area (Å²) >= 11 is 0. The molecular formula is C17H22N2O2. The third-order valence-electron chi connectivity index (χ3n) is 5.07. The molecule has 1 unspecified atom stereocenters. The molecule has 112 valence electrons. The fourth-order valence-corrected chi connectivity index (χ4v) is 3.40. The molecule has 1 aromatic rings. The fraction of sp³-hybridized carbons (Fsp3) is 0.588. The number of carbonyl (C=O) groups is 1. The van der Waals surface area contributed by atoms with Gasteiger partial charge in [-0.2, -0.15) is 5.26 Å². The highest BCUT2D eigenvalue weighted by molar-refractivity contribution is 5.96. The molecule has 21 heavy (non-hydrogen) atoms. The van der Waals surface area contributed by atoms with Gasteiger partial charge in [-0.15, -0.1) is 0 Å². The number of nitriles is 1. The molecule has 0 amide bonds. The van der Waals surface area contributed by atoms with E-state index in [2.05, 4.69) is 24.9 Å². The highest BCUT2D eigenvalue weighted by atomic mass is 16.5. The number of Topliss-reactive ketones (excluding diaryl/α,β-unsaturated/α-hetero) is 1. The van der Waals surface area contributed by atoms with Crippen LogP contribution in [-0.2, 0) is 10.2 Å². The van der Waals surface area contributed by atoms with Crippen molar-refractivity contribution in [3.05, 3.63) is 23.4 Å². The number of hydrogen-bond acceptors (Lipinski definition) is 4. The lowest BCUT2D eigenvalue weighted by atomic mass is 9.59. The van der Waals surface area contributed by atoms with Crippen LogP contribution in [0.1, 0.15) is 38.4 Å². The Hall–Kier alpha value is -1.89. The number of pyridine rings is 1. The number of aryl methyl sites for hydroxylation is 1. The number of nitrogens with zero attached hydrogens (tertiary/aromatic N) is 2. The molecular weight excluding hydrogens is 264 g/mol. The van der Waals surface area contributed by atoms with Crippen LogP contribution in [0.3, 0.4) is 0 Å². The number of ether oxygens (including phenoxy) is 1. The Morgan fingerprint density at radius 2 is 2.05 bits per heavy atom. The molecule has 1 heterocycles. The Balaban J connectivity index is 2.57. The molecule has 4 nitrogen and oxygen atoms in total. The lowest BCUT2D eigenvalue weighted by Gasteiger charge is -2.41. The minimum atomic E-state index is -1.07. The average Bonchev–Trinajstić information content (AvgIpc) is 2.49. The van der Waals surface area contributed by atoms with E-state index in [1.165, 1.54) is 0 Å². The molecule has 1 saturated carbocycles. The first kappa shape index (κ1) is 15.5. The second-order valence-corrected chi connectivity index (χ2v) is 6.20. The van der Waals surface area contributed by atoms with Gasteiger partial charge in [-0.05, 0) is 31.2 Å². The third-order valence-corrected chi connectivity index (χ3v) is 5.07. The van der Waals surface area contributed by atoms with Gasteiger partial charge in [0.2, 0.25) is 5.88 Å². The van der Waals surface area contributed by atoms with E-state index in [0.29, 0.717) is 29.8 Å².